The van der Waals surface area contributed by atoms with Gasteiger partial charge >= 0.3 is 0 Å². The number of halogens is 1. The van der Waals surface area contributed by atoms with Crippen molar-refractivity contribution in [3.8, 4) is 5.69 Å². The molecule has 1 aliphatic rings. The lowest BCUT2D eigenvalue weighted by Gasteiger charge is -2.11. The summed E-state index contributed by atoms with van der Waals surface area (Å²) in [6.07, 6.45) is 10.6. The summed E-state index contributed by atoms with van der Waals surface area (Å²) >= 11 is 2.20. The number of aromatic nitrogens is 5. The smallest absolute Gasteiger partial charge is 0.182 e. The molecule has 0 spiro atoms. The van der Waals surface area contributed by atoms with Gasteiger partial charge in [-0.1, -0.05) is 6.08 Å². The van der Waals surface area contributed by atoms with Gasteiger partial charge in [-0.05, 0) is 40.7 Å². The van der Waals surface area contributed by atoms with E-state index in [4.69, 9.17) is 4.74 Å². The molecule has 0 fully saturated rings. The molecule has 0 amide bonds. The second-order valence-corrected chi connectivity index (χ2v) is 5.88. The molecule has 21 heavy (non-hydrogen) atoms. The van der Waals surface area contributed by atoms with Gasteiger partial charge < -0.3 is 4.74 Å². The van der Waals surface area contributed by atoms with Crippen molar-refractivity contribution in [2.45, 2.75) is 6.42 Å². The minimum atomic E-state index is 0.678. The molecule has 0 radical (unpaired) electrons. The fourth-order valence-electron chi connectivity index (χ4n) is 2.41. The molecule has 106 valence electrons. The van der Waals surface area contributed by atoms with E-state index in [9.17, 15) is 0 Å². The Bertz CT molecular complexity index is 835. The first-order valence-corrected chi connectivity index (χ1v) is 7.71. The normalized spacial score (nSPS) is 15.4. The van der Waals surface area contributed by atoms with E-state index in [2.05, 4.69) is 43.8 Å². The molecule has 1 aliphatic heterocycles. The number of hydrogen-bond acceptors (Lipinski definition) is 4. The molecule has 3 aromatic rings. The second kappa shape index (κ2) is 5.23. The molecule has 0 atom stereocenters. The van der Waals surface area contributed by atoms with E-state index in [1.807, 2.05) is 29.3 Å². The van der Waals surface area contributed by atoms with Crippen LogP contribution in [0.3, 0.4) is 0 Å². The van der Waals surface area contributed by atoms with Crippen LogP contribution in [0.2, 0.25) is 0 Å². The number of hydrogen-bond donors (Lipinski definition) is 0. The minimum absolute atomic E-state index is 0.678. The quantitative estimate of drug-likeness (QED) is 0.496. The third kappa shape index (κ3) is 2.36. The zero-order valence-electron chi connectivity index (χ0n) is 11.1. The standard InChI is InChI=1S/C14H12IN5O/c15-13-1-4-19-14(18-13)12(8-17-19)20-9-11(7-16-20)10-2-5-21-6-3-10/h1-2,4,7-9H,3,5-6H2. The Kier molecular flexibility index (Phi) is 3.23. The highest BCUT2D eigenvalue weighted by molar-refractivity contribution is 14.1. The van der Waals surface area contributed by atoms with Crippen molar-refractivity contribution >= 4 is 33.8 Å². The molecule has 0 N–H and O–H groups in total. The number of rotatable bonds is 2. The molecule has 6 nitrogen and oxygen atoms in total. The Balaban J connectivity index is 1.77. The van der Waals surface area contributed by atoms with Crippen molar-refractivity contribution in [2.75, 3.05) is 13.2 Å². The van der Waals surface area contributed by atoms with E-state index in [1.165, 1.54) is 5.57 Å². The predicted molar refractivity (Wildman–Crippen MR) is 86.2 cm³/mol. The molecule has 0 aromatic carbocycles. The molecule has 0 unspecified atom stereocenters. The first kappa shape index (κ1) is 13.0. The zero-order chi connectivity index (χ0) is 14.2. The lowest BCUT2D eigenvalue weighted by atomic mass is 10.1. The minimum Gasteiger partial charge on any atom is -0.377 e. The topological polar surface area (TPSA) is 57.2 Å². The van der Waals surface area contributed by atoms with E-state index in [0.717, 1.165) is 33.6 Å². The summed E-state index contributed by atoms with van der Waals surface area (Å²) in [5.74, 6) is 0. The van der Waals surface area contributed by atoms with Crippen LogP contribution < -0.4 is 0 Å². The SMILES string of the molecule is Ic1ccn2ncc(-n3cc(C4=CCOCC4)cn3)c2n1. The maximum Gasteiger partial charge on any atom is 0.182 e. The first-order valence-electron chi connectivity index (χ1n) is 6.63. The molecular weight excluding hydrogens is 381 g/mol. The molecule has 4 rings (SSSR count). The summed E-state index contributed by atoms with van der Waals surface area (Å²) in [6, 6.07) is 1.92. The van der Waals surface area contributed by atoms with Crippen LogP contribution in [0.4, 0.5) is 0 Å². The highest BCUT2D eigenvalue weighted by Crippen LogP contribution is 2.22. The van der Waals surface area contributed by atoms with Crippen LogP contribution in [0.25, 0.3) is 16.9 Å². The fraction of sp³-hybridized carbons (Fsp3) is 0.214. The Morgan fingerprint density at radius 3 is 3.05 bits per heavy atom. The number of fused-ring (bicyclic) bond motifs is 1. The van der Waals surface area contributed by atoms with Gasteiger partial charge in [-0.15, -0.1) is 0 Å². The van der Waals surface area contributed by atoms with Crippen molar-refractivity contribution < 1.29 is 4.74 Å². The van der Waals surface area contributed by atoms with Gasteiger partial charge in [-0.2, -0.15) is 10.2 Å². The highest BCUT2D eigenvalue weighted by Gasteiger charge is 2.12. The maximum atomic E-state index is 5.34. The van der Waals surface area contributed by atoms with Gasteiger partial charge in [0, 0.05) is 18.0 Å². The van der Waals surface area contributed by atoms with E-state index < -0.39 is 0 Å². The van der Waals surface area contributed by atoms with Gasteiger partial charge in [-0.25, -0.2) is 14.2 Å². The third-order valence-electron chi connectivity index (χ3n) is 3.48. The van der Waals surface area contributed by atoms with Crippen molar-refractivity contribution in [2.24, 2.45) is 0 Å². The van der Waals surface area contributed by atoms with Crippen LogP contribution in [-0.4, -0.2) is 37.6 Å². The Morgan fingerprint density at radius 2 is 2.19 bits per heavy atom. The molecular formula is C14H12IN5O. The van der Waals surface area contributed by atoms with Crippen LogP contribution in [0.5, 0.6) is 0 Å². The van der Waals surface area contributed by atoms with Gasteiger partial charge in [0.05, 0.1) is 25.6 Å². The van der Waals surface area contributed by atoms with Gasteiger partial charge in [0.15, 0.2) is 5.65 Å². The van der Waals surface area contributed by atoms with E-state index >= 15 is 0 Å². The highest BCUT2D eigenvalue weighted by atomic mass is 127. The summed E-state index contributed by atoms with van der Waals surface area (Å²) in [7, 11) is 0. The van der Waals surface area contributed by atoms with Crippen LogP contribution in [0, 0.1) is 3.70 Å². The molecule has 0 bridgehead atoms. The molecule has 0 aliphatic carbocycles. The summed E-state index contributed by atoms with van der Waals surface area (Å²) in [4.78, 5) is 4.53. The number of nitrogens with zero attached hydrogens (tertiary/aromatic N) is 5. The van der Waals surface area contributed by atoms with E-state index in [1.54, 1.807) is 10.7 Å². The van der Waals surface area contributed by atoms with Crippen LogP contribution in [0.15, 0.2) is 36.9 Å². The molecule has 3 aromatic heterocycles. The summed E-state index contributed by atoms with van der Waals surface area (Å²) in [5.41, 5.74) is 4.10. The summed E-state index contributed by atoms with van der Waals surface area (Å²) < 4.78 is 9.86. The molecule has 7 heteroatoms. The molecule has 0 saturated carbocycles. The largest absolute Gasteiger partial charge is 0.377 e. The molecule has 4 heterocycles. The van der Waals surface area contributed by atoms with Gasteiger partial charge in [0.2, 0.25) is 0 Å². The first-order chi connectivity index (χ1) is 10.3. The van der Waals surface area contributed by atoms with Crippen molar-refractivity contribution in [1.82, 2.24) is 24.4 Å². The van der Waals surface area contributed by atoms with Crippen molar-refractivity contribution in [3.63, 3.8) is 0 Å². The number of ether oxygens (including phenoxy) is 1. The third-order valence-corrected chi connectivity index (χ3v) is 4.08. The zero-order valence-corrected chi connectivity index (χ0v) is 13.3. The fourth-order valence-corrected chi connectivity index (χ4v) is 2.80. The predicted octanol–water partition coefficient (Wildman–Crippen LogP) is 2.32. The van der Waals surface area contributed by atoms with Crippen LogP contribution in [0.1, 0.15) is 12.0 Å². The van der Waals surface area contributed by atoms with Crippen LogP contribution in [-0.2, 0) is 4.74 Å². The van der Waals surface area contributed by atoms with Gasteiger partial charge in [0.25, 0.3) is 0 Å². The Labute approximate surface area is 134 Å². The Morgan fingerprint density at radius 1 is 1.24 bits per heavy atom. The lowest BCUT2D eigenvalue weighted by molar-refractivity contribution is 0.161. The van der Waals surface area contributed by atoms with Crippen molar-refractivity contribution in [1.29, 1.82) is 0 Å². The summed E-state index contributed by atoms with van der Waals surface area (Å²) in [6.45, 7) is 1.45. The lowest BCUT2D eigenvalue weighted by Crippen LogP contribution is -2.03. The average Bonchev–Trinajstić information content (AvgIpc) is 3.14. The maximum absolute atomic E-state index is 5.34. The van der Waals surface area contributed by atoms with E-state index in [-0.39, 0.29) is 0 Å². The van der Waals surface area contributed by atoms with Gasteiger partial charge in [0.1, 0.15) is 9.39 Å². The second-order valence-electron chi connectivity index (χ2n) is 4.78. The van der Waals surface area contributed by atoms with Crippen molar-refractivity contribution in [3.05, 3.63) is 46.2 Å². The summed E-state index contributed by atoms with van der Waals surface area (Å²) in [5, 5.41) is 8.77. The molecule has 0 saturated heterocycles. The van der Waals surface area contributed by atoms with Gasteiger partial charge in [-0.3, -0.25) is 0 Å². The Hall–Kier alpha value is -1.74. The van der Waals surface area contributed by atoms with Crippen LogP contribution >= 0.6 is 22.6 Å². The average molecular weight is 393 g/mol. The van der Waals surface area contributed by atoms with E-state index in [0.29, 0.717) is 6.61 Å². The monoisotopic (exact) mass is 393 g/mol.